The lowest BCUT2D eigenvalue weighted by molar-refractivity contribution is -0.197. The second kappa shape index (κ2) is 11.8. The fraction of sp³-hybridized carbons (Fsp3) is 0.391. The number of piperazine rings is 1. The first-order chi connectivity index (χ1) is 16.4. The highest BCUT2D eigenvalue weighted by atomic mass is 16.7. The molecule has 1 aromatic carbocycles. The van der Waals surface area contributed by atoms with Gasteiger partial charge >= 0.3 is 11.9 Å². The van der Waals surface area contributed by atoms with E-state index in [4.69, 9.17) is 9.94 Å². The molecule has 3 rings (SSSR count). The predicted molar refractivity (Wildman–Crippen MR) is 120 cm³/mol. The molecule has 0 spiro atoms. The van der Waals surface area contributed by atoms with E-state index in [1.165, 1.54) is 16.2 Å². The van der Waals surface area contributed by atoms with E-state index in [1.54, 1.807) is 13.0 Å². The maximum atomic E-state index is 13.1. The van der Waals surface area contributed by atoms with Gasteiger partial charge < -0.3 is 20.2 Å². The van der Waals surface area contributed by atoms with Crippen molar-refractivity contribution in [2.45, 2.75) is 32.2 Å². The number of aromatic nitrogens is 2. The Morgan fingerprint density at radius 2 is 1.79 bits per heavy atom. The van der Waals surface area contributed by atoms with Gasteiger partial charge in [-0.3, -0.25) is 19.2 Å². The fourth-order valence-electron chi connectivity index (χ4n) is 3.41. The molecule has 2 heterocycles. The number of nitrogens with zero attached hydrogens (tertiary/aromatic N) is 4. The molecule has 0 bridgehead atoms. The second-order valence-electron chi connectivity index (χ2n) is 7.66. The van der Waals surface area contributed by atoms with Crippen LogP contribution in [0.4, 0.5) is 0 Å². The minimum absolute atomic E-state index is 0.0800. The van der Waals surface area contributed by atoms with E-state index in [0.29, 0.717) is 18.8 Å². The molecule has 2 amide bonds. The molecule has 0 unspecified atom stereocenters. The van der Waals surface area contributed by atoms with Crippen LogP contribution < -0.4 is 5.32 Å². The Morgan fingerprint density at radius 1 is 1.09 bits per heavy atom. The summed E-state index contributed by atoms with van der Waals surface area (Å²) in [6.45, 7) is 2.88. The molecule has 1 aliphatic rings. The zero-order chi connectivity index (χ0) is 24.5. The molecule has 2 N–H and O–H groups in total. The molecule has 2 aromatic rings. The number of carbonyl (C=O) groups excluding carboxylic acids is 3. The van der Waals surface area contributed by atoms with Crippen LogP contribution in [0.5, 0.6) is 0 Å². The summed E-state index contributed by atoms with van der Waals surface area (Å²) in [5.41, 5.74) is 1.35. The highest BCUT2D eigenvalue weighted by Gasteiger charge is 2.30. The van der Waals surface area contributed by atoms with Crippen molar-refractivity contribution >= 4 is 23.8 Å². The molecule has 1 atom stereocenters. The first-order valence-electron chi connectivity index (χ1n) is 11.0. The van der Waals surface area contributed by atoms with E-state index in [9.17, 15) is 19.2 Å². The number of amides is 2. The van der Waals surface area contributed by atoms with Crippen LogP contribution in [0, 0.1) is 0 Å². The number of carbonyl (C=O) groups is 4. The van der Waals surface area contributed by atoms with Gasteiger partial charge in [-0.1, -0.05) is 37.3 Å². The van der Waals surface area contributed by atoms with Gasteiger partial charge in [0.25, 0.3) is 5.91 Å². The summed E-state index contributed by atoms with van der Waals surface area (Å²) >= 11 is 0. The van der Waals surface area contributed by atoms with Crippen molar-refractivity contribution in [3.05, 3.63) is 48.4 Å². The van der Waals surface area contributed by atoms with Crippen molar-refractivity contribution < 1.29 is 29.1 Å². The van der Waals surface area contributed by atoms with Crippen LogP contribution in [-0.4, -0.2) is 81.0 Å². The highest BCUT2D eigenvalue weighted by Crippen LogP contribution is 2.16. The molecule has 1 aliphatic heterocycles. The van der Waals surface area contributed by atoms with Crippen molar-refractivity contribution in [2.75, 3.05) is 26.2 Å². The minimum Gasteiger partial charge on any atom is -0.481 e. The van der Waals surface area contributed by atoms with Crippen molar-refractivity contribution in [3.8, 4) is 11.3 Å². The molecule has 34 heavy (non-hydrogen) atoms. The van der Waals surface area contributed by atoms with E-state index in [-0.39, 0.29) is 44.1 Å². The van der Waals surface area contributed by atoms with Crippen molar-refractivity contribution in [1.82, 2.24) is 25.2 Å². The standard InChI is InChI=1S/C23H27N5O6/c1-2-20(31)34-28-14-12-27(13-15-28)23(33)18(8-9-19(29)30)26-22(32)21-24-11-10-17(25-21)16-6-4-3-5-7-16/h3-7,10-11,18H,2,8-9,12-15H2,1H3,(H,26,32)(H,29,30)/t18-/m0/s1. The van der Waals surface area contributed by atoms with Crippen LogP contribution >= 0.6 is 0 Å². The Morgan fingerprint density at radius 3 is 2.44 bits per heavy atom. The number of hydrogen-bond acceptors (Lipinski definition) is 8. The topological polar surface area (TPSA) is 142 Å². The predicted octanol–water partition coefficient (Wildman–Crippen LogP) is 1.12. The Hall–Kier alpha value is -3.86. The molecule has 1 aromatic heterocycles. The van der Waals surface area contributed by atoms with E-state index in [2.05, 4.69) is 15.3 Å². The van der Waals surface area contributed by atoms with E-state index >= 15 is 0 Å². The summed E-state index contributed by atoms with van der Waals surface area (Å²) < 4.78 is 0. The average molecular weight is 469 g/mol. The number of hydrogen-bond donors (Lipinski definition) is 2. The monoisotopic (exact) mass is 469 g/mol. The Bertz CT molecular complexity index is 1020. The van der Waals surface area contributed by atoms with Gasteiger partial charge in [-0.15, -0.1) is 5.06 Å². The zero-order valence-electron chi connectivity index (χ0n) is 18.8. The first kappa shape index (κ1) is 24.8. The summed E-state index contributed by atoms with van der Waals surface area (Å²) in [6, 6.07) is 9.87. The summed E-state index contributed by atoms with van der Waals surface area (Å²) in [6.07, 6.45) is 1.32. The first-order valence-corrected chi connectivity index (χ1v) is 11.0. The molecule has 11 heteroatoms. The number of rotatable bonds is 9. The summed E-state index contributed by atoms with van der Waals surface area (Å²) in [5.74, 6) is -2.63. The van der Waals surface area contributed by atoms with Crippen molar-refractivity contribution in [2.24, 2.45) is 0 Å². The minimum atomic E-state index is -1.08. The van der Waals surface area contributed by atoms with Crippen LogP contribution in [0.3, 0.4) is 0 Å². The quantitative estimate of drug-likeness (QED) is 0.552. The third-order valence-electron chi connectivity index (χ3n) is 5.25. The Kier molecular flexibility index (Phi) is 8.63. The number of carboxylic acids is 1. The van der Waals surface area contributed by atoms with Gasteiger partial charge in [-0.25, -0.2) is 9.97 Å². The number of nitrogens with one attached hydrogen (secondary N) is 1. The molecule has 11 nitrogen and oxygen atoms in total. The molecular formula is C23H27N5O6. The Labute approximate surface area is 196 Å². The van der Waals surface area contributed by atoms with Crippen molar-refractivity contribution in [1.29, 1.82) is 0 Å². The largest absolute Gasteiger partial charge is 0.481 e. The summed E-state index contributed by atoms with van der Waals surface area (Å²) in [4.78, 5) is 63.5. The Balaban J connectivity index is 1.68. The van der Waals surface area contributed by atoms with Crippen molar-refractivity contribution in [3.63, 3.8) is 0 Å². The lowest BCUT2D eigenvalue weighted by atomic mass is 10.1. The molecular weight excluding hydrogens is 442 g/mol. The zero-order valence-corrected chi connectivity index (χ0v) is 18.8. The number of carboxylic acid groups (broad SMARTS) is 1. The molecule has 1 saturated heterocycles. The molecule has 0 saturated carbocycles. The maximum absolute atomic E-state index is 13.1. The van der Waals surface area contributed by atoms with Gasteiger partial charge in [0.2, 0.25) is 11.7 Å². The van der Waals surface area contributed by atoms with Crippen LogP contribution in [-0.2, 0) is 19.2 Å². The maximum Gasteiger partial charge on any atom is 0.324 e. The van der Waals surface area contributed by atoms with Crippen LogP contribution in [0.15, 0.2) is 42.6 Å². The van der Waals surface area contributed by atoms with Crippen LogP contribution in [0.2, 0.25) is 0 Å². The number of hydroxylamine groups is 2. The van der Waals surface area contributed by atoms with Gasteiger partial charge in [0.15, 0.2) is 0 Å². The summed E-state index contributed by atoms with van der Waals surface area (Å²) in [7, 11) is 0. The number of aliphatic carboxylic acids is 1. The van der Waals surface area contributed by atoms with Crippen LogP contribution in [0.25, 0.3) is 11.3 Å². The average Bonchev–Trinajstić information content (AvgIpc) is 2.86. The van der Waals surface area contributed by atoms with Gasteiger partial charge in [-0.05, 0) is 12.5 Å². The van der Waals surface area contributed by atoms with E-state index in [0.717, 1.165) is 5.56 Å². The van der Waals surface area contributed by atoms with Gasteiger partial charge in [0.1, 0.15) is 6.04 Å². The number of benzene rings is 1. The third kappa shape index (κ3) is 6.82. The smallest absolute Gasteiger partial charge is 0.324 e. The lowest BCUT2D eigenvalue weighted by Gasteiger charge is -2.35. The van der Waals surface area contributed by atoms with E-state index in [1.807, 2.05) is 30.3 Å². The molecule has 1 fully saturated rings. The third-order valence-corrected chi connectivity index (χ3v) is 5.25. The molecule has 180 valence electrons. The molecule has 0 aliphatic carbocycles. The SMILES string of the molecule is CCC(=O)ON1CCN(C(=O)[C@H](CCC(=O)O)NC(=O)c2nccc(-c3ccccc3)n2)CC1. The van der Waals surface area contributed by atoms with E-state index < -0.39 is 23.8 Å². The fourth-order valence-corrected chi connectivity index (χ4v) is 3.41. The summed E-state index contributed by atoms with van der Waals surface area (Å²) in [5, 5.41) is 13.2. The van der Waals surface area contributed by atoms with Gasteiger partial charge in [0, 0.05) is 37.7 Å². The lowest BCUT2D eigenvalue weighted by Crippen LogP contribution is -2.55. The highest BCUT2D eigenvalue weighted by molar-refractivity contribution is 5.95. The normalized spacial score (nSPS) is 14.8. The van der Waals surface area contributed by atoms with Gasteiger partial charge in [-0.2, -0.15) is 0 Å². The molecule has 0 radical (unpaired) electrons. The van der Waals surface area contributed by atoms with Gasteiger partial charge in [0.05, 0.1) is 18.8 Å². The second-order valence-corrected chi connectivity index (χ2v) is 7.66. The van der Waals surface area contributed by atoms with Crippen LogP contribution in [0.1, 0.15) is 36.8 Å².